The van der Waals surface area contributed by atoms with Crippen molar-refractivity contribution in [2.24, 2.45) is 0 Å². The lowest BCUT2D eigenvalue weighted by Gasteiger charge is -2.48. The minimum atomic E-state index is -1.97. The third kappa shape index (κ3) is 48.4. The van der Waals surface area contributed by atoms with E-state index in [-0.39, 0.29) is 18.9 Å². The van der Waals surface area contributed by atoms with Crippen molar-refractivity contribution in [1.29, 1.82) is 0 Å². The molecule has 0 aromatic heterocycles. The van der Waals surface area contributed by atoms with E-state index in [1.54, 1.807) is 0 Å². The number of ether oxygens (including phenoxy) is 6. The van der Waals surface area contributed by atoms with Crippen LogP contribution in [0.1, 0.15) is 431 Å². The molecule has 642 valence electrons. The van der Waals surface area contributed by atoms with Crippen LogP contribution in [0.3, 0.4) is 0 Å². The fraction of sp³-hybridized carbons (Fsp3) is 0.989. The van der Waals surface area contributed by atoms with Crippen molar-refractivity contribution in [2.45, 2.75) is 535 Å². The van der Waals surface area contributed by atoms with Crippen molar-refractivity contribution in [3.63, 3.8) is 0 Å². The Balaban J connectivity index is 1.28. The number of carbonyl (C=O) groups is 1. The van der Waals surface area contributed by atoms with Gasteiger partial charge in [-0.3, -0.25) is 4.79 Å². The number of unbranched alkanes of at least 4 members (excludes halogenated alkanes) is 61. The Hall–Kier alpha value is -1.21. The highest BCUT2D eigenvalue weighted by atomic mass is 16.8. The Bertz CT molecular complexity index is 1940. The molecule has 3 rings (SSSR count). The van der Waals surface area contributed by atoms with Gasteiger partial charge in [0.15, 0.2) is 18.9 Å². The summed E-state index contributed by atoms with van der Waals surface area (Å²) in [5, 5.41) is 121. The molecule has 3 saturated heterocycles. The van der Waals surface area contributed by atoms with Crippen LogP contribution in [0.25, 0.3) is 0 Å². The summed E-state index contributed by atoms with van der Waals surface area (Å²) in [6, 6.07) is -0.884. The van der Waals surface area contributed by atoms with E-state index in [4.69, 9.17) is 28.4 Å². The third-order valence-electron chi connectivity index (χ3n) is 23.7. The van der Waals surface area contributed by atoms with Gasteiger partial charge in [0.1, 0.15) is 73.2 Å². The number of rotatable bonds is 77. The Kier molecular flexibility index (Phi) is 65.5. The third-order valence-corrected chi connectivity index (χ3v) is 23.7. The standard InChI is InChI=1S/C89H173NO18/c1-3-5-7-9-11-13-15-17-19-21-23-25-27-29-30-31-32-33-34-35-36-37-38-39-40-41-42-43-45-47-49-51-53-55-57-59-61-63-65-67-77(95)90-72(73(94)66-64-62-60-58-56-54-52-50-48-46-44-28-26-24-22-20-18-16-14-12-10-8-6-4-2)71-103-87-83(101)80(98)85(75(69-92)105-87)108-89-84(102)81(99)86(76(70-93)106-89)107-88-82(100)79(97)78(96)74(68-91)104-88/h72-76,78-89,91-94,96-102H,3-71H2,1-2H3,(H,90,95). The lowest BCUT2D eigenvalue weighted by molar-refractivity contribution is -0.379. The van der Waals surface area contributed by atoms with Crippen LogP contribution < -0.4 is 5.32 Å². The van der Waals surface area contributed by atoms with Gasteiger partial charge in [-0.15, -0.1) is 0 Å². The predicted octanol–water partition coefficient (Wildman–Crippen LogP) is 17.7. The van der Waals surface area contributed by atoms with Crippen molar-refractivity contribution in [1.82, 2.24) is 5.32 Å². The highest BCUT2D eigenvalue weighted by Crippen LogP contribution is 2.34. The van der Waals surface area contributed by atoms with E-state index in [0.29, 0.717) is 12.8 Å². The summed E-state index contributed by atoms with van der Waals surface area (Å²) in [6.45, 7) is 1.89. The Labute approximate surface area is 659 Å². The fourth-order valence-electron chi connectivity index (χ4n) is 16.3. The molecule has 0 aliphatic carbocycles. The molecule has 0 radical (unpaired) electrons. The van der Waals surface area contributed by atoms with Gasteiger partial charge in [-0.25, -0.2) is 0 Å². The first kappa shape index (κ1) is 101. The van der Waals surface area contributed by atoms with E-state index in [1.807, 2.05) is 0 Å². The number of aliphatic hydroxyl groups excluding tert-OH is 11. The Morgan fingerprint density at radius 2 is 0.528 bits per heavy atom. The van der Waals surface area contributed by atoms with Crippen LogP contribution in [-0.2, 0) is 33.2 Å². The van der Waals surface area contributed by atoms with Gasteiger partial charge in [0.05, 0.1) is 38.6 Å². The van der Waals surface area contributed by atoms with Gasteiger partial charge in [-0.05, 0) is 12.8 Å². The molecule has 0 aromatic carbocycles. The second-order valence-electron chi connectivity index (χ2n) is 33.5. The van der Waals surface area contributed by atoms with Crippen LogP contribution in [0, 0.1) is 0 Å². The zero-order valence-electron chi connectivity index (χ0n) is 69.4. The Morgan fingerprint density at radius 3 is 0.806 bits per heavy atom. The molecule has 3 aliphatic rings. The van der Waals surface area contributed by atoms with Crippen LogP contribution in [0.2, 0.25) is 0 Å². The zero-order valence-corrected chi connectivity index (χ0v) is 69.4. The van der Waals surface area contributed by atoms with E-state index in [2.05, 4.69) is 19.2 Å². The normalized spacial score (nSPS) is 25.3. The van der Waals surface area contributed by atoms with Crippen molar-refractivity contribution >= 4 is 5.91 Å². The molecule has 17 unspecified atom stereocenters. The van der Waals surface area contributed by atoms with Gasteiger partial charge in [-0.1, -0.05) is 412 Å². The van der Waals surface area contributed by atoms with Gasteiger partial charge >= 0.3 is 0 Å². The van der Waals surface area contributed by atoms with Crippen LogP contribution in [-0.4, -0.2) is 193 Å². The molecular formula is C89H173NO18. The zero-order chi connectivity index (χ0) is 78.1. The summed E-state index contributed by atoms with van der Waals surface area (Å²) in [4.78, 5) is 13.5. The maximum Gasteiger partial charge on any atom is 0.220 e. The van der Waals surface area contributed by atoms with Crippen molar-refractivity contribution < 1.29 is 89.4 Å². The van der Waals surface area contributed by atoms with Crippen molar-refractivity contribution in [2.75, 3.05) is 26.4 Å². The average molecular weight is 1550 g/mol. The molecule has 3 heterocycles. The van der Waals surface area contributed by atoms with Crippen molar-refractivity contribution in [3.8, 4) is 0 Å². The smallest absolute Gasteiger partial charge is 0.220 e. The molecule has 1 amide bonds. The summed E-state index contributed by atoms with van der Waals surface area (Å²) >= 11 is 0. The minimum Gasteiger partial charge on any atom is -0.394 e. The lowest BCUT2D eigenvalue weighted by atomic mass is 9.96. The highest BCUT2D eigenvalue weighted by molar-refractivity contribution is 5.76. The second kappa shape index (κ2) is 70.0. The first-order chi connectivity index (χ1) is 52.8. The van der Waals surface area contributed by atoms with Crippen LogP contribution in [0.5, 0.6) is 0 Å². The van der Waals surface area contributed by atoms with E-state index in [1.165, 1.54) is 353 Å². The summed E-state index contributed by atoms with van der Waals surface area (Å²) in [5.74, 6) is -0.231. The lowest BCUT2D eigenvalue weighted by Crippen LogP contribution is -2.66. The minimum absolute atomic E-state index is 0.231. The van der Waals surface area contributed by atoms with Gasteiger partial charge in [0.2, 0.25) is 5.91 Å². The number of amides is 1. The number of carbonyl (C=O) groups excluding carboxylic acids is 1. The van der Waals surface area contributed by atoms with Gasteiger partial charge in [0.25, 0.3) is 0 Å². The first-order valence-corrected chi connectivity index (χ1v) is 46.3. The largest absolute Gasteiger partial charge is 0.394 e. The maximum absolute atomic E-state index is 13.5. The van der Waals surface area contributed by atoms with E-state index in [0.717, 1.165) is 44.9 Å². The summed E-state index contributed by atoms with van der Waals surface area (Å²) < 4.78 is 34.6. The summed E-state index contributed by atoms with van der Waals surface area (Å²) in [7, 11) is 0. The highest BCUT2D eigenvalue weighted by Gasteiger charge is 2.54. The van der Waals surface area contributed by atoms with Gasteiger partial charge in [0, 0.05) is 6.42 Å². The van der Waals surface area contributed by atoms with E-state index in [9.17, 15) is 61.0 Å². The van der Waals surface area contributed by atoms with Crippen molar-refractivity contribution in [3.05, 3.63) is 0 Å². The topological polar surface area (TPSA) is 307 Å². The summed E-state index contributed by atoms with van der Waals surface area (Å²) in [5.41, 5.74) is 0. The number of hydrogen-bond acceptors (Lipinski definition) is 18. The monoisotopic (exact) mass is 1540 g/mol. The molecule has 17 atom stereocenters. The number of hydrogen-bond donors (Lipinski definition) is 12. The molecule has 12 N–H and O–H groups in total. The molecule has 3 aliphatic heterocycles. The van der Waals surface area contributed by atoms with E-state index >= 15 is 0 Å². The molecular weight excluding hydrogens is 1370 g/mol. The predicted molar refractivity (Wildman–Crippen MR) is 434 cm³/mol. The fourth-order valence-corrected chi connectivity index (χ4v) is 16.3. The number of nitrogens with one attached hydrogen (secondary N) is 1. The maximum atomic E-state index is 13.5. The number of aliphatic hydroxyl groups is 11. The van der Waals surface area contributed by atoms with Crippen LogP contribution >= 0.6 is 0 Å². The Morgan fingerprint density at radius 1 is 0.296 bits per heavy atom. The summed E-state index contributed by atoms with van der Waals surface area (Å²) in [6.07, 6.45) is 58.1. The van der Waals surface area contributed by atoms with E-state index < -0.39 is 124 Å². The van der Waals surface area contributed by atoms with Crippen LogP contribution in [0.4, 0.5) is 0 Å². The molecule has 0 aromatic rings. The molecule has 19 nitrogen and oxygen atoms in total. The molecule has 3 fully saturated rings. The van der Waals surface area contributed by atoms with Gasteiger partial charge < -0.3 is 89.9 Å². The van der Waals surface area contributed by atoms with Gasteiger partial charge in [-0.2, -0.15) is 0 Å². The molecule has 0 bridgehead atoms. The van der Waals surface area contributed by atoms with Crippen LogP contribution in [0.15, 0.2) is 0 Å². The molecule has 19 heteroatoms. The quantitative estimate of drug-likeness (QED) is 0.0252. The first-order valence-electron chi connectivity index (χ1n) is 46.3. The SMILES string of the molecule is CCCCCCCCCCCCCCCCCCCCCCCCCCCCCCCCCCCCCCCCCC(=O)NC(COC1OC(CO)C(OC2OC(CO)C(OC3OC(CO)C(O)C(O)C3O)C(O)C2O)C(O)C1O)C(O)CCCCCCCCCCCCCCCCCCCCCCCCCC. The average Bonchev–Trinajstić information content (AvgIpc) is 0.775. The molecule has 108 heavy (non-hydrogen) atoms. The molecule has 0 saturated carbocycles. The second-order valence-corrected chi connectivity index (χ2v) is 33.5. The molecule has 0 spiro atoms.